The van der Waals surface area contributed by atoms with E-state index >= 15 is 0 Å². The minimum absolute atomic E-state index is 0.242. The van der Waals surface area contributed by atoms with E-state index in [1.54, 1.807) is 0 Å². The van der Waals surface area contributed by atoms with Crippen molar-refractivity contribution in [2.75, 3.05) is 5.88 Å². The van der Waals surface area contributed by atoms with Gasteiger partial charge < -0.3 is 15.3 Å². The van der Waals surface area contributed by atoms with Gasteiger partial charge in [-0.05, 0) is 0 Å². The molecular weight excluding hydrogens is 188 g/mol. The summed E-state index contributed by atoms with van der Waals surface area (Å²) in [5.74, 6) is -3.02. The van der Waals surface area contributed by atoms with Crippen LogP contribution in [0.1, 0.15) is 6.42 Å². The molecule has 0 amide bonds. The first kappa shape index (κ1) is 11.4. The largest absolute Gasteiger partial charge is 0.475 e. The molecule has 0 spiro atoms. The number of carbonyl (C=O) groups excluding carboxylic acids is 1. The summed E-state index contributed by atoms with van der Waals surface area (Å²) in [6.07, 6.45) is -3.30. The van der Waals surface area contributed by atoms with Crippen molar-refractivity contribution in [3.63, 3.8) is 0 Å². The zero-order valence-corrected chi connectivity index (χ0v) is 6.86. The second kappa shape index (κ2) is 5.08. The van der Waals surface area contributed by atoms with Gasteiger partial charge in [0.25, 0.3) is 0 Å². The number of rotatable bonds is 5. The molecule has 70 valence electrons. The maximum atomic E-state index is 10.5. The van der Waals surface area contributed by atoms with Gasteiger partial charge >= 0.3 is 5.97 Å². The maximum Gasteiger partial charge on any atom is 0.372 e. The third-order valence-corrected chi connectivity index (χ3v) is 1.55. The lowest BCUT2D eigenvalue weighted by Crippen LogP contribution is -2.31. The topological polar surface area (TPSA) is 94.8 Å². The van der Waals surface area contributed by atoms with Crippen LogP contribution in [0, 0.1) is 0 Å². The zero-order chi connectivity index (χ0) is 9.72. The Bertz CT molecular complexity index is 181. The highest BCUT2D eigenvalue weighted by Crippen LogP contribution is 2.01. The Morgan fingerprint density at radius 2 is 1.75 bits per heavy atom. The molecule has 0 heterocycles. The molecule has 5 nitrogen and oxygen atoms in total. The molecule has 0 aromatic heterocycles. The fourth-order valence-corrected chi connectivity index (χ4v) is 0.722. The van der Waals surface area contributed by atoms with Gasteiger partial charge in [-0.25, -0.2) is 4.79 Å². The lowest BCUT2D eigenvalue weighted by molar-refractivity contribution is -0.150. The van der Waals surface area contributed by atoms with Gasteiger partial charge in [-0.3, -0.25) is 4.79 Å². The second-order valence-corrected chi connectivity index (χ2v) is 2.53. The summed E-state index contributed by atoms with van der Waals surface area (Å²) in [6, 6.07) is 0. The number of carboxylic acid groups (broad SMARTS) is 1. The summed E-state index contributed by atoms with van der Waals surface area (Å²) in [4.78, 5) is 20.4. The number of alkyl halides is 1. The minimum atomic E-state index is -1.63. The van der Waals surface area contributed by atoms with E-state index in [2.05, 4.69) is 0 Å². The van der Waals surface area contributed by atoms with E-state index in [0.29, 0.717) is 0 Å². The summed E-state index contributed by atoms with van der Waals surface area (Å²) in [5.41, 5.74) is 0. The number of aliphatic hydroxyl groups is 2. The van der Waals surface area contributed by atoms with Gasteiger partial charge in [0.05, 0.1) is 18.1 Å². The van der Waals surface area contributed by atoms with E-state index in [9.17, 15) is 9.59 Å². The van der Waals surface area contributed by atoms with Gasteiger partial charge in [0.1, 0.15) is 0 Å². The van der Waals surface area contributed by atoms with Crippen molar-refractivity contribution >= 4 is 23.4 Å². The quantitative estimate of drug-likeness (QED) is 0.387. The van der Waals surface area contributed by atoms with E-state index in [4.69, 9.17) is 26.9 Å². The number of carboxylic acids is 1. The number of ketones is 1. The van der Waals surface area contributed by atoms with Gasteiger partial charge in [-0.2, -0.15) is 0 Å². The SMILES string of the molecule is O=C(O)C(=O)CC(O)C(O)CCl. The third-order valence-electron chi connectivity index (χ3n) is 1.24. The first-order valence-electron chi connectivity index (χ1n) is 3.17. The molecule has 0 aromatic carbocycles. The van der Waals surface area contributed by atoms with E-state index < -0.39 is 30.4 Å². The molecule has 0 aliphatic carbocycles. The van der Waals surface area contributed by atoms with Crippen LogP contribution in [0.5, 0.6) is 0 Å². The smallest absolute Gasteiger partial charge is 0.372 e. The number of Topliss-reactive ketones (excluding diaryl/α,β-unsaturated/α-hetero) is 1. The summed E-state index contributed by atoms with van der Waals surface area (Å²) in [6.45, 7) is 0. The Morgan fingerprint density at radius 1 is 1.25 bits per heavy atom. The summed E-state index contributed by atoms with van der Waals surface area (Å²) in [5, 5.41) is 25.9. The number of hydrogen-bond donors (Lipinski definition) is 3. The standard InChI is InChI=1S/C6H9ClO5/c7-2-5(10)3(8)1-4(9)6(11)12/h3,5,8,10H,1-2H2,(H,11,12). The highest BCUT2D eigenvalue weighted by molar-refractivity contribution is 6.32. The van der Waals surface area contributed by atoms with E-state index in [-0.39, 0.29) is 5.88 Å². The minimum Gasteiger partial charge on any atom is -0.475 e. The molecule has 0 bridgehead atoms. The average Bonchev–Trinajstić information content (AvgIpc) is 2.02. The fraction of sp³-hybridized carbons (Fsp3) is 0.667. The van der Waals surface area contributed by atoms with Crippen LogP contribution in [-0.2, 0) is 9.59 Å². The van der Waals surface area contributed by atoms with E-state index in [1.165, 1.54) is 0 Å². The van der Waals surface area contributed by atoms with Crippen LogP contribution in [0.3, 0.4) is 0 Å². The number of aliphatic carboxylic acids is 1. The zero-order valence-electron chi connectivity index (χ0n) is 6.11. The van der Waals surface area contributed by atoms with E-state index in [1.807, 2.05) is 0 Å². The van der Waals surface area contributed by atoms with Crippen LogP contribution >= 0.6 is 11.6 Å². The number of carbonyl (C=O) groups is 2. The second-order valence-electron chi connectivity index (χ2n) is 2.22. The molecule has 0 aliphatic rings. The molecule has 0 saturated heterocycles. The molecule has 6 heteroatoms. The van der Waals surface area contributed by atoms with Crippen LogP contribution in [0.4, 0.5) is 0 Å². The van der Waals surface area contributed by atoms with Crippen LogP contribution in [0.2, 0.25) is 0 Å². The first-order valence-corrected chi connectivity index (χ1v) is 3.70. The van der Waals surface area contributed by atoms with Crippen LogP contribution in [-0.4, -0.2) is 45.2 Å². The van der Waals surface area contributed by atoms with Crippen molar-refractivity contribution in [3.8, 4) is 0 Å². The average molecular weight is 197 g/mol. The predicted octanol–water partition coefficient (Wildman–Crippen LogP) is -1.01. The van der Waals surface area contributed by atoms with E-state index in [0.717, 1.165) is 0 Å². The lowest BCUT2D eigenvalue weighted by atomic mass is 10.1. The van der Waals surface area contributed by atoms with Gasteiger partial charge in [-0.1, -0.05) is 0 Å². The molecule has 0 aromatic rings. The highest BCUT2D eigenvalue weighted by atomic mass is 35.5. The van der Waals surface area contributed by atoms with Crippen molar-refractivity contribution in [2.45, 2.75) is 18.6 Å². The van der Waals surface area contributed by atoms with Crippen molar-refractivity contribution in [3.05, 3.63) is 0 Å². The monoisotopic (exact) mass is 196 g/mol. The molecule has 0 saturated carbocycles. The summed E-state index contributed by atoms with van der Waals surface area (Å²) in [7, 11) is 0. The van der Waals surface area contributed by atoms with Crippen molar-refractivity contribution in [1.29, 1.82) is 0 Å². The van der Waals surface area contributed by atoms with Gasteiger partial charge in [0, 0.05) is 6.42 Å². The molecule has 0 fully saturated rings. The molecule has 2 unspecified atom stereocenters. The third kappa shape index (κ3) is 3.66. The van der Waals surface area contributed by atoms with Gasteiger partial charge in [0.15, 0.2) is 0 Å². The first-order chi connectivity index (χ1) is 5.49. The normalized spacial score (nSPS) is 15.2. The van der Waals surface area contributed by atoms with Crippen LogP contribution < -0.4 is 0 Å². The fourth-order valence-electron chi connectivity index (χ4n) is 0.516. The summed E-state index contributed by atoms with van der Waals surface area (Å²) >= 11 is 5.14. The van der Waals surface area contributed by atoms with Crippen LogP contribution in [0.25, 0.3) is 0 Å². The molecule has 0 aliphatic heterocycles. The number of aliphatic hydroxyl groups excluding tert-OH is 2. The van der Waals surface area contributed by atoms with Crippen molar-refractivity contribution in [2.24, 2.45) is 0 Å². The molecule has 0 rings (SSSR count). The van der Waals surface area contributed by atoms with Crippen LogP contribution in [0.15, 0.2) is 0 Å². The van der Waals surface area contributed by atoms with Crippen molar-refractivity contribution < 1.29 is 24.9 Å². The lowest BCUT2D eigenvalue weighted by Gasteiger charge is -2.12. The highest BCUT2D eigenvalue weighted by Gasteiger charge is 2.22. The molecule has 12 heavy (non-hydrogen) atoms. The Labute approximate surface area is 73.6 Å². The van der Waals surface area contributed by atoms with Gasteiger partial charge in [-0.15, -0.1) is 11.6 Å². The van der Waals surface area contributed by atoms with Gasteiger partial charge in [0.2, 0.25) is 5.78 Å². The molecule has 0 radical (unpaired) electrons. The summed E-state index contributed by atoms with van der Waals surface area (Å²) < 4.78 is 0. The molecular formula is C6H9ClO5. The number of hydrogen-bond acceptors (Lipinski definition) is 4. The Morgan fingerprint density at radius 3 is 2.08 bits per heavy atom. The van der Waals surface area contributed by atoms with Crippen molar-refractivity contribution in [1.82, 2.24) is 0 Å². The molecule has 2 atom stereocenters. The Hall–Kier alpha value is -0.650. The Balaban J connectivity index is 3.92. The predicted molar refractivity (Wildman–Crippen MR) is 40.0 cm³/mol. The molecule has 3 N–H and O–H groups in total. The number of halogens is 1. The maximum absolute atomic E-state index is 10.5. The Kier molecular flexibility index (Phi) is 4.80.